The third-order valence-electron chi connectivity index (χ3n) is 4.42. The number of rotatable bonds is 2. The van der Waals surface area contributed by atoms with Gasteiger partial charge in [0, 0.05) is 5.56 Å². The molecule has 1 aromatic carbocycles. The molecule has 0 N–H and O–H groups in total. The molecule has 1 saturated carbocycles. The first-order valence-corrected chi connectivity index (χ1v) is 7.14. The maximum atomic E-state index is 12.1. The molecule has 3 nitrogen and oxygen atoms in total. The molecule has 0 saturated heterocycles. The number of methoxy groups -OCH3 is 1. The summed E-state index contributed by atoms with van der Waals surface area (Å²) in [6.07, 6.45) is 6.08. The first-order chi connectivity index (χ1) is 9.31. The van der Waals surface area contributed by atoms with Crippen LogP contribution in [-0.4, -0.2) is 19.2 Å². The van der Waals surface area contributed by atoms with Gasteiger partial charge in [0.2, 0.25) is 0 Å². The molecule has 3 rings (SSSR count). The number of benzene rings is 1. The molecule has 0 amide bonds. The molecule has 2 atom stereocenters. The van der Waals surface area contributed by atoms with Gasteiger partial charge in [-0.2, -0.15) is 0 Å². The van der Waals surface area contributed by atoms with Crippen LogP contribution in [0.4, 0.5) is 0 Å². The number of carbonyl (C=O) groups is 1. The molecule has 102 valence electrons. The Hall–Kier alpha value is -1.51. The molecular formula is C16H20O3. The molecule has 1 fully saturated rings. The molecule has 0 bridgehead atoms. The Balaban J connectivity index is 1.90. The molecule has 1 heterocycles. The quantitative estimate of drug-likeness (QED) is 0.765. The van der Waals surface area contributed by atoms with Crippen molar-refractivity contribution in [3.63, 3.8) is 0 Å². The van der Waals surface area contributed by atoms with E-state index in [2.05, 4.69) is 0 Å². The maximum absolute atomic E-state index is 12.1. The zero-order valence-corrected chi connectivity index (χ0v) is 11.3. The van der Waals surface area contributed by atoms with Crippen LogP contribution in [0.2, 0.25) is 0 Å². The van der Waals surface area contributed by atoms with Gasteiger partial charge in [-0.3, -0.25) is 4.79 Å². The van der Waals surface area contributed by atoms with Crippen LogP contribution < -0.4 is 4.74 Å². The largest absolute Gasteiger partial charge is 0.489 e. The summed E-state index contributed by atoms with van der Waals surface area (Å²) in [5.74, 6) is 0.920. The lowest BCUT2D eigenvalue weighted by molar-refractivity contribution is -0.144. The molecule has 0 spiro atoms. The molecule has 1 aliphatic heterocycles. The van der Waals surface area contributed by atoms with E-state index in [-0.39, 0.29) is 18.0 Å². The lowest BCUT2D eigenvalue weighted by Gasteiger charge is -2.29. The van der Waals surface area contributed by atoms with Gasteiger partial charge in [0.25, 0.3) is 0 Å². The van der Waals surface area contributed by atoms with Gasteiger partial charge in [-0.25, -0.2) is 0 Å². The summed E-state index contributed by atoms with van der Waals surface area (Å²) in [6.45, 7) is 0. The zero-order valence-electron chi connectivity index (χ0n) is 11.3. The fourth-order valence-corrected chi connectivity index (χ4v) is 3.46. The fraction of sp³-hybridized carbons (Fsp3) is 0.562. The van der Waals surface area contributed by atoms with Crippen LogP contribution in [0.25, 0.3) is 0 Å². The first-order valence-electron chi connectivity index (χ1n) is 7.14. The van der Waals surface area contributed by atoms with Crippen molar-refractivity contribution in [2.24, 2.45) is 5.92 Å². The molecule has 0 aromatic heterocycles. The third kappa shape index (κ3) is 2.22. The number of carbonyl (C=O) groups excluding carboxylic acids is 1. The normalized spacial score (nSPS) is 26.6. The van der Waals surface area contributed by atoms with Crippen molar-refractivity contribution < 1.29 is 14.3 Å². The Labute approximate surface area is 113 Å². The predicted molar refractivity (Wildman–Crippen MR) is 72.2 cm³/mol. The monoisotopic (exact) mass is 260 g/mol. The minimum absolute atomic E-state index is 0.0369. The number of ether oxygens (including phenoxy) is 2. The summed E-state index contributed by atoms with van der Waals surface area (Å²) in [7, 11) is 1.46. The van der Waals surface area contributed by atoms with Gasteiger partial charge in [-0.05, 0) is 24.8 Å². The number of para-hydroxylation sites is 1. The van der Waals surface area contributed by atoms with Gasteiger partial charge in [-0.1, -0.05) is 37.5 Å². The number of fused-ring (bicyclic) bond motifs is 1. The van der Waals surface area contributed by atoms with Crippen LogP contribution in [0.15, 0.2) is 24.3 Å². The molecule has 0 unspecified atom stereocenters. The topological polar surface area (TPSA) is 35.5 Å². The molecular weight excluding hydrogens is 240 g/mol. The van der Waals surface area contributed by atoms with Crippen molar-refractivity contribution in [3.8, 4) is 5.75 Å². The van der Waals surface area contributed by atoms with Gasteiger partial charge in [0.15, 0.2) is 0 Å². The van der Waals surface area contributed by atoms with Crippen LogP contribution in [0, 0.1) is 5.92 Å². The summed E-state index contributed by atoms with van der Waals surface area (Å²) < 4.78 is 11.1. The number of hydrogen-bond acceptors (Lipinski definition) is 3. The van der Waals surface area contributed by atoms with Crippen molar-refractivity contribution in [3.05, 3.63) is 29.8 Å². The third-order valence-corrected chi connectivity index (χ3v) is 4.42. The van der Waals surface area contributed by atoms with E-state index < -0.39 is 0 Å². The van der Waals surface area contributed by atoms with Crippen molar-refractivity contribution in [2.75, 3.05) is 7.11 Å². The van der Waals surface area contributed by atoms with Crippen LogP contribution >= 0.6 is 0 Å². The Morgan fingerprint density at radius 2 is 1.95 bits per heavy atom. The van der Waals surface area contributed by atoms with Gasteiger partial charge < -0.3 is 9.47 Å². The van der Waals surface area contributed by atoms with Gasteiger partial charge in [0.1, 0.15) is 17.8 Å². The maximum Gasteiger partial charge on any atom is 0.317 e. The lowest BCUT2D eigenvalue weighted by Crippen LogP contribution is -2.34. The highest BCUT2D eigenvalue weighted by molar-refractivity contribution is 5.81. The van der Waals surface area contributed by atoms with E-state index in [9.17, 15) is 4.79 Å². The minimum atomic E-state index is -0.246. The Morgan fingerprint density at radius 3 is 2.68 bits per heavy atom. The summed E-state index contributed by atoms with van der Waals surface area (Å²) >= 11 is 0. The van der Waals surface area contributed by atoms with Gasteiger partial charge in [0.05, 0.1) is 7.11 Å². The van der Waals surface area contributed by atoms with Crippen molar-refractivity contribution in [2.45, 2.75) is 44.1 Å². The zero-order chi connectivity index (χ0) is 13.2. The molecule has 1 aliphatic carbocycles. The van der Waals surface area contributed by atoms with Crippen molar-refractivity contribution >= 4 is 5.97 Å². The number of hydrogen-bond donors (Lipinski definition) is 0. The number of esters is 1. The second-order valence-electron chi connectivity index (χ2n) is 5.52. The summed E-state index contributed by atoms with van der Waals surface area (Å²) in [4.78, 5) is 12.1. The fourth-order valence-electron chi connectivity index (χ4n) is 3.46. The highest BCUT2D eigenvalue weighted by atomic mass is 16.5. The van der Waals surface area contributed by atoms with Crippen LogP contribution in [0.3, 0.4) is 0 Å². The lowest BCUT2D eigenvalue weighted by atomic mass is 9.79. The molecule has 2 aliphatic rings. The van der Waals surface area contributed by atoms with E-state index in [0.29, 0.717) is 5.92 Å². The summed E-state index contributed by atoms with van der Waals surface area (Å²) in [5, 5.41) is 0. The SMILES string of the molecule is COC(=O)[C@H]1c2ccccc2O[C@@H]1C1CCCCC1. The smallest absolute Gasteiger partial charge is 0.317 e. The van der Waals surface area contributed by atoms with E-state index in [1.165, 1.54) is 26.4 Å². The highest BCUT2D eigenvalue weighted by Gasteiger charge is 2.44. The Kier molecular flexibility index (Phi) is 3.45. The molecule has 1 aromatic rings. The molecule has 0 radical (unpaired) electrons. The van der Waals surface area contributed by atoms with E-state index in [0.717, 1.165) is 24.2 Å². The van der Waals surface area contributed by atoms with Crippen molar-refractivity contribution in [1.82, 2.24) is 0 Å². The van der Waals surface area contributed by atoms with Crippen LogP contribution in [-0.2, 0) is 9.53 Å². The molecule has 3 heteroatoms. The second kappa shape index (κ2) is 5.24. The van der Waals surface area contributed by atoms with Crippen molar-refractivity contribution in [1.29, 1.82) is 0 Å². The van der Waals surface area contributed by atoms with E-state index in [4.69, 9.17) is 9.47 Å². The Bertz CT molecular complexity index is 463. The Morgan fingerprint density at radius 1 is 1.21 bits per heavy atom. The predicted octanol–water partition coefficient (Wildman–Crippen LogP) is 3.28. The average molecular weight is 260 g/mol. The summed E-state index contributed by atoms with van der Waals surface area (Å²) in [6, 6.07) is 7.85. The summed E-state index contributed by atoms with van der Waals surface area (Å²) in [5.41, 5.74) is 0.991. The molecule has 19 heavy (non-hydrogen) atoms. The standard InChI is InChI=1S/C16H20O3/c1-18-16(17)14-12-9-5-6-10-13(12)19-15(14)11-7-3-2-4-8-11/h5-6,9-11,14-15H,2-4,7-8H2,1H3/t14-,15+/m0/s1. The van der Waals surface area contributed by atoms with Crippen LogP contribution in [0.1, 0.15) is 43.6 Å². The first kappa shape index (κ1) is 12.5. The van der Waals surface area contributed by atoms with E-state index >= 15 is 0 Å². The van der Waals surface area contributed by atoms with Crippen LogP contribution in [0.5, 0.6) is 5.75 Å². The second-order valence-corrected chi connectivity index (χ2v) is 5.52. The van der Waals surface area contributed by atoms with E-state index in [1.54, 1.807) is 0 Å². The van der Waals surface area contributed by atoms with Gasteiger partial charge >= 0.3 is 5.97 Å². The van der Waals surface area contributed by atoms with Gasteiger partial charge in [-0.15, -0.1) is 0 Å². The minimum Gasteiger partial charge on any atom is -0.489 e. The highest BCUT2D eigenvalue weighted by Crippen LogP contribution is 2.44. The average Bonchev–Trinajstić information content (AvgIpc) is 2.87. The van der Waals surface area contributed by atoms with E-state index in [1.807, 2.05) is 24.3 Å².